The number of methoxy groups -OCH3 is 1. The highest BCUT2D eigenvalue weighted by Crippen LogP contribution is 2.31. The maximum Gasteiger partial charge on any atom is 0.240 e. The molecule has 0 bridgehead atoms. The van der Waals surface area contributed by atoms with Crippen LogP contribution in [0.1, 0.15) is 19.4 Å². The molecule has 1 amide bonds. The lowest BCUT2D eigenvalue weighted by atomic mass is 10.2. The Balaban J connectivity index is 0.000000270. The quantitative estimate of drug-likeness (QED) is 0.221. The van der Waals surface area contributed by atoms with Gasteiger partial charge in [0.1, 0.15) is 5.75 Å². The Kier molecular flexibility index (Phi) is 12.2. The van der Waals surface area contributed by atoms with Crippen LogP contribution in [0, 0.1) is 6.92 Å². The average molecular weight is 539 g/mol. The number of aryl methyl sites for hydroxylation is 1. The van der Waals surface area contributed by atoms with Crippen molar-refractivity contribution in [2.45, 2.75) is 26.8 Å². The summed E-state index contributed by atoms with van der Waals surface area (Å²) in [5.74, 6) is 1.81. The van der Waals surface area contributed by atoms with Gasteiger partial charge in [0, 0.05) is 25.4 Å². The number of aliphatic hydroxyl groups is 1. The van der Waals surface area contributed by atoms with Gasteiger partial charge in [0.25, 0.3) is 0 Å². The van der Waals surface area contributed by atoms with Gasteiger partial charge in [0.15, 0.2) is 11.6 Å². The number of nitrogens with one attached hydrogen (secondary N) is 3. The third kappa shape index (κ3) is 9.19. The number of fused-ring (bicyclic) bond motifs is 1. The number of benzene rings is 3. The number of rotatable bonds is 6. The first-order chi connectivity index (χ1) is 18.2. The molecule has 1 aromatic heterocycles. The number of hydrogen-bond acceptors (Lipinski definition) is 8. The van der Waals surface area contributed by atoms with Crippen molar-refractivity contribution in [3.8, 4) is 5.75 Å². The Bertz CT molecular complexity index is 1330. The van der Waals surface area contributed by atoms with Crippen molar-refractivity contribution >= 4 is 51.6 Å². The smallest absolute Gasteiger partial charge is 0.240 e. The lowest BCUT2D eigenvalue weighted by Gasteiger charge is -2.13. The van der Waals surface area contributed by atoms with E-state index in [1.165, 1.54) is 0 Å². The van der Waals surface area contributed by atoms with Crippen molar-refractivity contribution in [2.75, 3.05) is 36.7 Å². The molecule has 0 saturated heterocycles. The van der Waals surface area contributed by atoms with Gasteiger partial charge in [-0.25, -0.2) is 9.97 Å². The van der Waals surface area contributed by atoms with Crippen LogP contribution in [0.5, 0.6) is 5.75 Å². The Morgan fingerprint density at radius 1 is 1.05 bits per heavy atom. The predicted octanol–water partition coefficient (Wildman–Crippen LogP) is 5.36. The van der Waals surface area contributed by atoms with Gasteiger partial charge in [0.05, 0.1) is 34.9 Å². The number of hydrogen-bond donors (Lipinski definition) is 5. The molecule has 0 aliphatic rings. The van der Waals surface area contributed by atoms with E-state index < -0.39 is 6.04 Å². The summed E-state index contributed by atoms with van der Waals surface area (Å²) in [5, 5.41) is 17.1. The van der Waals surface area contributed by atoms with Gasteiger partial charge in [-0.05, 0) is 62.7 Å². The SMILES string of the molecule is CCO.CNc1nc2ccccc2nc1Nc1cc(OC)ccc1Cl.Cc1cccc(NC(=O)C(C)N)c1. The molecular formula is C28H35ClN6O3. The standard InChI is InChI=1S/C16H15ClN4O.C10H14N2O.C2H6O/c1-18-15-16(20-13-6-4-3-5-12(13)19-15)21-14-9-10(22-2)7-8-11(14)17;1-7-4-3-5-9(6-7)12-10(13)8(2)11;1-2-3/h3-9H,1-2H3,(H,18,19)(H,20,21);3-6,8H,11H2,1-2H3,(H,12,13);3H,2H2,1H3. The van der Waals surface area contributed by atoms with Gasteiger partial charge in [-0.3, -0.25) is 4.79 Å². The monoisotopic (exact) mass is 538 g/mol. The van der Waals surface area contributed by atoms with Crippen molar-refractivity contribution in [1.29, 1.82) is 0 Å². The summed E-state index contributed by atoms with van der Waals surface area (Å²) in [6.07, 6.45) is 0. The van der Waals surface area contributed by atoms with E-state index in [1.807, 2.05) is 61.5 Å². The summed E-state index contributed by atoms with van der Waals surface area (Å²) in [6.45, 7) is 5.56. The second kappa shape index (κ2) is 15.4. The van der Waals surface area contributed by atoms with E-state index in [9.17, 15) is 4.79 Å². The van der Waals surface area contributed by atoms with E-state index in [2.05, 4.69) is 25.9 Å². The summed E-state index contributed by atoms with van der Waals surface area (Å²) in [7, 11) is 3.42. The molecule has 38 heavy (non-hydrogen) atoms. The van der Waals surface area contributed by atoms with Crippen molar-refractivity contribution in [1.82, 2.24) is 9.97 Å². The summed E-state index contributed by atoms with van der Waals surface area (Å²) < 4.78 is 5.22. The van der Waals surface area contributed by atoms with Crippen LogP contribution >= 0.6 is 11.6 Å². The fourth-order valence-electron chi connectivity index (χ4n) is 3.10. The van der Waals surface area contributed by atoms with Crippen LogP contribution in [0.4, 0.5) is 23.0 Å². The second-order valence-electron chi connectivity index (χ2n) is 8.09. The lowest BCUT2D eigenvalue weighted by Crippen LogP contribution is -2.32. The molecule has 4 aromatic rings. The molecule has 202 valence electrons. The highest BCUT2D eigenvalue weighted by molar-refractivity contribution is 6.33. The van der Waals surface area contributed by atoms with Gasteiger partial charge >= 0.3 is 0 Å². The molecular weight excluding hydrogens is 504 g/mol. The van der Waals surface area contributed by atoms with Crippen molar-refractivity contribution in [3.05, 3.63) is 77.3 Å². The number of nitrogens with two attached hydrogens (primary N) is 1. The van der Waals surface area contributed by atoms with E-state index in [4.69, 9.17) is 27.2 Å². The van der Waals surface area contributed by atoms with E-state index in [1.54, 1.807) is 40.1 Å². The maximum absolute atomic E-state index is 11.2. The summed E-state index contributed by atoms with van der Waals surface area (Å²) in [6, 6.07) is 20.2. The number of aromatic nitrogens is 2. The van der Waals surface area contributed by atoms with Crippen LogP contribution in [0.2, 0.25) is 5.02 Å². The molecule has 0 radical (unpaired) electrons. The van der Waals surface area contributed by atoms with Crippen molar-refractivity contribution < 1.29 is 14.6 Å². The van der Waals surface area contributed by atoms with E-state index in [0.29, 0.717) is 28.1 Å². The number of anilines is 4. The molecule has 0 fully saturated rings. The van der Waals surface area contributed by atoms with Crippen molar-refractivity contribution in [3.63, 3.8) is 0 Å². The fourth-order valence-corrected chi connectivity index (χ4v) is 3.26. The van der Waals surface area contributed by atoms with Crippen LogP contribution in [0.25, 0.3) is 11.0 Å². The van der Waals surface area contributed by atoms with Gasteiger partial charge in [0.2, 0.25) is 5.91 Å². The number of halogens is 1. The first-order valence-corrected chi connectivity index (χ1v) is 12.4. The summed E-state index contributed by atoms with van der Waals surface area (Å²) in [4.78, 5) is 20.3. The van der Waals surface area contributed by atoms with Crippen LogP contribution in [-0.4, -0.2) is 47.8 Å². The molecule has 9 nitrogen and oxygen atoms in total. The first-order valence-electron chi connectivity index (χ1n) is 12.0. The lowest BCUT2D eigenvalue weighted by molar-refractivity contribution is -0.117. The molecule has 1 unspecified atom stereocenters. The molecule has 0 aliphatic heterocycles. The molecule has 3 aromatic carbocycles. The van der Waals surface area contributed by atoms with Gasteiger partial charge < -0.3 is 31.5 Å². The number of carbonyl (C=O) groups is 1. The van der Waals surface area contributed by atoms with Crippen molar-refractivity contribution in [2.24, 2.45) is 5.73 Å². The van der Waals surface area contributed by atoms with E-state index in [0.717, 1.165) is 22.3 Å². The number of nitrogens with zero attached hydrogens (tertiary/aromatic N) is 2. The van der Waals surface area contributed by atoms with Gasteiger partial charge in [-0.15, -0.1) is 0 Å². The minimum Gasteiger partial charge on any atom is -0.497 e. The zero-order valence-corrected chi connectivity index (χ0v) is 23.0. The van der Waals surface area contributed by atoms with Crippen LogP contribution in [0.15, 0.2) is 66.7 Å². The normalized spacial score (nSPS) is 10.7. The zero-order chi connectivity index (χ0) is 28.1. The number of ether oxygens (including phenoxy) is 1. The minimum absolute atomic E-state index is 0.161. The predicted molar refractivity (Wildman–Crippen MR) is 157 cm³/mol. The molecule has 0 aliphatic carbocycles. The third-order valence-electron chi connectivity index (χ3n) is 4.93. The number of aliphatic hydroxyl groups excluding tert-OH is 1. The average Bonchev–Trinajstić information content (AvgIpc) is 2.90. The Hall–Kier alpha value is -3.92. The Morgan fingerprint density at radius 3 is 2.24 bits per heavy atom. The number of amides is 1. The van der Waals surface area contributed by atoms with Crippen LogP contribution in [0.3, 0.4) is 0 Å². The molecule has 10 heteroatoms. The highest BCUT2D eigenvalue weighted by atomic mass is 35.5. The first kappa shape index (κ1) is 30.3. The molecule has 0 spiro atoms. The third-order valence-corrected chi connectivity index (χ3v) is 5.26. The number of para-hydroxylation sites is 2. The Labute approximate surface area is 228 Å². The van der Waals surface area contributed by atoms with Crippen LogP contribution < -0.4 is 26.4 Å². The van der Waals surface area contributed by atoms with E-state index in [-0.39, 0.29) is 12.5 Å². The molecule has 1 heterocycles. The van der Waals surface area contributed by atoms with E-state index >= 15 is 0 Å². The highest BCUT2D eigenvalue weighted by Gasteiger charge is 2.10. The molecule has 1 atom stereocenters. The maximum atomic E-state index is 11.2. The van der Waals surface area contributed by atoms with Crippen LogP contribution in [-0.2, 0) is 4.79 Å². The number of carbonyl (C=O) groups excluding carboxylic acids is 1. The second-order valence-corrected chi connectivity index (χ2v) is 8.50. The summed E-state index contributed by atoms with van der Waals surface area (Å²) >= 11 is 6.23. The Morgan fingerprint density at radius 2 is 1.68 bits per heavy atom. The minimum atomic E-state index is -0.472. The topological polar surface area (TPSA) is 134 Å². The summed E-state index contributed by atoms with van der Waals surface area (Å²) in [5.41, 5.74) is 9.66. The van der Waals surface area contributed by atoms with Gasteiger partial charge in [-0.2, -0.15) is 0 Å². The molecule has 6 N–H and O–H groups in total. The fraction of sp³-hybridized carbons (Fsp3) is 0.250. The molecule has 0 saturated carbocycles. The molecule has 4 rings (SSSR count). The zero-order valence-electron chi connectivity index (χ0n) is 22.2. The van der Waals surface area contributed by atoms with Gasteiger partial charge in [-0.1, -0.05) is 35.9 Å². The largest absolute Gasteiger partial charge is 0.497 e.